The van der Waals surface area contributed by atoms with E-state index in [2.05, 4.69) is 15.2 Å². The molecule has 4 rings (SSSR count). The lowest BCUT2D eigenvalue weighted by atomic mass is 9.94. The minimum atomic E-state index is -0.677. The second kappa shape index (κ2) is 7.98. The number of H-pyrrole nitrogens is 1. The van der Waals surface area contributed by atoms with Crippen LogP contribution in [0, 0.1) is 13.8 Å². The second-order valence-electron chi connectivity index (χ2n) is 7.37. The third-order valence-corrected chi connectivity index (χ3v) is 5.39. The molecule has 1 saturated heterocycles. The first-order valence-corrected chi connectivity index (χ1v) is 9.80. The van der Waals surface area contributed by atoms with Crippen molar-refractivity contribution in [3.05, 3.63) is 77.1 Å². The molecular weight excluding hydrogens is 382 g/mol. The van der Waals surface area contributed by atoms with Gasteiger partial charge in [-0.25, -0.2) is 4.98 Å². The number of benzene rings is 1. The first-order valence-electron chi connectivity index (χ1n) is 9.80. The fourth-order valence-electron chi connectivity index (χ4n) is 3.97. The Labute approximate surface area is 173 Å². The van der Waals surface area contributed by atoms with Gasteiger partial charge in [-0.1, -0.05) is 30.3 Å². The van der Waals surface area contributed by atoms with E-state index in [0.29, 0.717) is 36.5 Å². The monoisotopic (exact) mass is 405 g/mol. The molecule has 154 valence electrons. The minimum absolute atomic E-state index is 0.0985. The molecule has 1 atom stereocenters. The number of hydrogen-bond donors (Lipinski definition) is 2. The van der Waals surface area contributed by atoms with Crippen LogP contribution in [0.15, 0.2) is 54.6 Å². The van der Waals surface area contributed by atoms with Crippen LogP contribution in [0.2, 0.25) is 0 Å². The topological polar surface area (TPSA) is 104 Å². The van der Waals surface area contributed by atoms with Crippen LogP contribution < -0.4 is 0 Å². The van der Waals surface area contributed by atoms with Crippen LogP contribution in [0.4, 0.5) is 0 Å². The van der Waals surface area contributed by atoms with Crippen LogP contribution in [0.3, 0.4) is 0 Å². The molecule has 0 bridgehead atoms. The van der Waals surface area contributed by atoms with Crippen LogP contribution in [0.1, 0.15) is 35.0 Å². The molecule has 8 heteroatoms. The molecule has 1 fully saturated rings. The zero-order valence-corrected chi connectivity index (χ0v) is 16.9. The van der Waals surface area contributed by atoms with Crippen molar-refractivity contribution < 1.29 is 14.7 Å². The SMILES string of the molecule is Cc1n[nH]c(C)c1C(O)=C1C(=O)C(=O)N(CCCn2ccnc2)C1c1ccccc1. The van der Waals surface area contributed by atoms with Crippen LogP contribution >= 0.6 is 0 Å². The summed E-state index contributed by atoms with van der Waals surface area (Å²) in [6.45, 7) is 4.57. The number of hydrogen-bond acceptors (Lipinski definition) is 5. The zero-order chi connectivity index (χ0) is 21.3. The number of aromatic nitrogens is 4. The van der Waals surface area contributed by atoms with E-state index in [0.717, 1.165) is 5.56 Å². The van der Waals surface area contributed by atoms with Crippen LogP contribution in [-0.2, 0) is 16.1 Å². The lowest BCUT2D eigenvalue weighted by Gasteiger charge is -2.25. The highest BCUT2D eigenvalue weighted by molar-refractivity contribution is 6.46. The Morgan fingerprint density at radius 3 is 2.57 bits per heavy atom. The maximum Gasteiger partial charge on any atom is 0.295 e. The van der Waals surface area contributed by atoms with E-state index in [1.54, 1.807) is 31.3 Å². The molecule has 1 aliphatic heterocycles. The van der Waals surface area contributed by atoms with Crippen molar-refractivity contribution in [2.45, 2.75) is 32.9 Å². The Morgan fingerprint density at radius 2 is 1.93 bits per heavy atom. The van der Waals surface area contributed by atoms with Crippen molar-refractivity contribution in [1.82, 2.24) is 24.6 Å². The first-order chi connectivity index (χ1) is 14.5. The van der Waals surface area contributed by atoms with Gasteiger partial charge in [-0.2, -0.15) is 5.10 Å². The highest BCUT2D eigenvalue weighted by Gasteiger charge is 2.46. The average molecular weight is 405 g/mol. The smallest absolute Gasteiger partial charge is 0.295 e. The number of nitrogens with zero attached hydrogens (tertiary/aromatic N) is 4. The number of ketones is 1. The van der Waals surface area contributed by atoms with Crippen molar-refractivity contribution in [2.24, 2.45) is 0 Å². The van der Waals surface area contributed by atoms with Crippen molar-refractivity contribution >= 4 is 17.4 Å². The quantitative estimate of drug-likeness (QED) is 0.373. The summed E-state index contributed by atoms with van der Waals surface area (Å²) in [4.78, 5) is 31.5. The number of rotatable bonds is 6. The summed E-state index contributed by atoms with van der Waals surface area (Å²) >= 11 is 0. The van der Waals surface area contributed by atoms with Gasteiger partial charge in [0.25, 0.3) is 11.7 Å². The molecule has 3 heterocycles. The van der Waals surface area contributed by atoms with E-state index < -0.39 is 17.7 Å². The van der Waals surface area contributed by atoms with E-state index in [-0.39, 0.29) is 11.3 Å². The normalized spacial score (nSPS) is 18.3. The Balaban J connectivity index is 1.74. The molecule has 1 aromatic carbocycles. The Morgan fingerprint density at radius 1 is 1.17 bits per heavy atom. The van der Waals surface area contributed by atoms with Crippen LogP contribution in [0.5, 0.6) is 0 Å². The fourth-order valence-corrected chi connectivity index (χ4v) is 3.97. The number of imidazole rings is 1. The number of Topliss-reactive ketones (excluding diaryl/α,β-unsaturated/α-hetero) is 1. The number of carbonyl (C=O) groups is 2. The number of aliphatic hydroxyl groups excluding tert-OH is 1. The maximum absolute atomic E-state index is 13.0. The van der Waals surface area contributed by atoms with Gasteiger partial charge < -0.3 is 14.6 Å². The van der Waals surface area contributed by atoms with E-state index in [1.165, 1.54) is 0 Å². The van der Waals surface area contributed by atoms with Gasteiger partial charge in [0.2, 0.25) is 0 Å². The summed E-state index contributed by atoms with van der Waals surface area (Å²) in [7, 11) is 0. The third-order valence-electron chi connectivity index (χ3n) is 5.39. The van der Waals surface area contributed by atoms with Gasteiger partial charge in [0, 0.05) is 31.2 Å². The largest absolute Gasteiger partial charge is 0.507 e. The van der Waals surface area contributed by atoms with Crippen molar-refractivity contribution in [2.75, 3.05) is 6.54 Å². The summed E-state index contributed by atoms with van der Waals surface area (Å²) in [6, 6.07) is 8.66. The molecular formula is C22H23N5O3. The Hall–Kier alpha value is -3.68. The first kappa shape index (κ1) is 19.6. The van der Waals surface area contributed by atoms with Gasteiger partial charge in [-0.15, -0.1) is 0 Å². The van der Waals surface area contributed by atoms with Gasteiger partial charge in [0.05, 0.1) is 29.2 Å². The van der Waals surface area contributed by atoms with Gasteiger partial charge in [0.15, 0.2) is 0 Å². The van der Waals surface area contributed by atoms with Crippen molar-refractivity contribution in [3.63, 3.8) is 0 Å². The highest BCUT2D eigenvalue weighted by atomic mass is 16.3. The highest BCUT2D eigenvalue weighted by Crippen LogP contribution is 2.40. The lowest BCUT2D eigenvalue weighted by molar-refractivity contribution is -0.139. The molecule has 0 spiro atoms. The van der Waals surface area contributed by atoms with Crippen LogP contribution in [0.25, 0.3) is 5.76 Å². The van der Waals surface area contributed by atoms with Gasteiger partial charge >= 0.3 is 0 Å². The predicted molar refractivity (Wildman–Crippen MR) is 110 cm³/mol. The van der Waals surface area contributed by atoms with E-state index in [9.17, 15) is 14.7 Å². The molecule has 2 aromatic heterocycles. The summed E-state index contributed by atoms with van der Waals surface area (Å²) in [5.74, 6) is -1.47. The number of aromatic amines is 1. The predicted octanol–water partition coefficient (Wildman–Crippen LogP) is 2.74. The molecule has 3 aromatic rings. The number of aryl methyl sites for hydroxylation is 3. The Bertz CT molecular complexity index is 1080. The number of aliphatic hydroxyl groups is 1. The molecule has 0 aliphatic carbocycles. The summed E-state index contributed by atoms with van der Waals surface area (Å²) in [5, 5.41) is 18.0. The van der Waals surface area contributed by atoms with Gasteiger partial charge in [0.1, 0.15) is 5.76 Å². The number of likely N-dealkylation sites (tertiary alicyclic amines) is 1. The molecule has 1 amide bonds. The van der Waals surface area contributed by atoms with E-state index in [1.807, 2.05) is 41.1 Å². The second-order valence-corrected chi connectivity index (χ2v) is 7.37. The van der Waals surface area contributed by atoms with Crippen LogP contribution in [-0.4, -0.2) is 48.0 Å². The lowest BCUT2D eigenvalue weighted by Crippen LogP contribution is -2.31. The van der Waals surface area contributed by atoms with Gasteiger partial charge in [-0.05, 0) is 25.8 Å². The number of carbonyl (C=O) groups excluding carboxylic acids is 2. The van der Waals surface area contributed by atoms with Crippen molar-refractivity contribution in [1.29, 1.82) is 0 Å². The summed E-state index contributed by atoms with van der Waals surface area (Å²) < 4.78 is 1.92. The standard InChI is InChI=1S/C22H23N5O3/c1-14-17(15(2)25-24-14)20(28)18-19(16-7-4-3-5-8-16)27(22(30)21(18)29)11-6-10-26-12-9-23-13-26/h3-5,7-9,12-13,19,28H,6,10-11H2,1-2H3,(H,24,25). The molecule has 30 heavy (non-hydrogen) atoms. The minimum Gasteiger partial charge on any atom is -0.507 e. The fraction of sp³-hybridized carbons (Fsp3) is 0.273. The number of nitrogens with one attached hydrogen (secondary N) is 1. The number of amides is 1. The molecule has 2 N–H and O–H groups in total. The zero-order valence-electron chi connectivity index (χ0n) is 16.9. The van der Waals surface area contributed by atoms with Gasteiger partial charge in [-0.3, -0.25) is 14.7 Å². The molecule has 1 unspecified atom stereocenters. The molecule has 0 radical (unpaired) electrons. The average Bonchev–Trinajstić information content (AvgIpc) is 3.44. The molecule has 1 aliphatic rings. The molecule has 8 nitrogen and oxygen atoms in total. The van der Waals surface area contributed by atoms with Crippen molar-refractivity contribution in [3.8, 4) is 0 Å². The Kier molecular flexibility index (Phi) is 5.22. The maximum atomic E-state index is 13.0. The molecule has 0 saturated carbocycles. The summed E-state index contributed by atoms with van der Waals surface area (Å²) in [5.41, 5.74) is 2.56. The van der Waals surface area contributed by atoms with E-state index in [4.69, 9.17) is 0 Å². The van der Waals surface area contributed by atoms with E-state index >= 15 is 0 Å². The third kappa shape index (κ3) is 3.41. The summed E-state index contributed by atoms with van der Waals surface area (Å²) in [6.07, 6.45) is 5.92.